The minimum absolute atomic E-state index is 0.0175. The van der Waals surface area contributed by atoms with Crippen molar-refractivity contribution in [3.63, 3.8) is 0 Å². The van der Waals surface area contributed by atoms with E-state index in [0.717, 1.165) is 6.08 Å². The second kappa shape index (κ2) is 10.5. The summed E-state index contributed by atoms with van der Waals surface area (Å²) in [5, 5.41) is 2.09. The van der Waals surface area contributed by atoms with Crippen molar-refractivity contribution in [1.29, 1.82) is 0 Å². The number of imide groups is 1. The third-order valence-electron chi connectivity index (χ3n) is 3.47. The van der Waals surface area contributed by atoms with Crippen LogP contribution in [0.25, 0.3) is 6.08 Å². The van der Waals surface area contributed by atoms with E-state index in [4.69, 9.17) is 9.47 Å². The molecule has 0 aromatic heterocycles. The molecular formula is C20H17F2NO6. The number of methoxy groups -OCH3 is 1. The number of carbonyl (C=O) groups is 3. The zero-order valence-electron chi connectivity index (χ0n) is 15.3. The summed E-state index contributed by atoms with van der Waals surface area (Å²) in [6.07, 6.45) is 2.42. The Hall–Kier alpha value is -3.75. The molecule has 0 radical (unpaired) electrons. The molecule has 2 rings (SSSR count). The minimum atomic E-state index is -2.92. The lowest BCUT2D eigenvalue weighted by molar-refractivity contribution is -0.143. The molecule has 0 heterocycles. The number of para-hydroxylation sites is 1. The number of halogens is 2. The van der Waals surface area contributed by atoms with Crippen molar-refractivity contribution < 1.29 is 37.4 Å². The van der Waals surface area contributed by atoms with Crippen molar-refractivity contribution >= 4 is 23.9 Å². The first-order valence-corrected chi connectivity index (χ1v) is 8.26. The van der Waals surface area contributed by atoms with Crippen molar-refractivity contribution in [2.45, 2.75) is 6.61 Å². The number of hydrogen-bond acceptors (Lipinski definition) is 6. The largest absolute Gasteiger partial charge is 0.496 e. The fraction of sp³-hybridized carbons (Fsp3) is 0.150. The Balaban J connectivity index is 1.81. The highest BCUT2D eigenvalue weighted by Gasteiger charge is 2.15. The number of carbonyl (C=O) groups excluding carboxylic acids is 3. The van der Waals surface area contributed by atoms with Crippen LogP contribution in [-0.2, 0) is 14.3 Å². The molecular weight excluding hydrogens is 388 g/mol. The molecule has 7 nitrogen and oxygen atoms in total. The summed E-state index contributed by atoms with van der Waals surface area (Å²) in [7, 11) is 1.39. The Bertz CT molecular complexity index is 896. The van der Waals surface area contributed by atoms with Gasteiger partial charge in [-0.1, -0.05) is 24.3 Å². The molecule has 0 aliphatic rings. The zero-order chi connectivity index (χ0) is 21.2. The van der Waals surface area contributed by atoms with Gasteiger partial charge in [0.1, 0.15) is 11.5 Å². The first-order chi connectivity index (χ1) is 13.9. The van der Waals surface area contributed by atoms with Crippen LogP contribution < -0.4 is 14.8 Å². The highest BCUT2D eigenvalue weighted by molar-refractivity contribution is 6.06. The van der Waals surface area contributed by atoms with E-state index in [0.29, 0.717) is 11.3 Å². The van der Waals surface area contributed by atoms with Gasteiger partial charge in [-0.2, -0.15) is 8.78 Å². The molecule has 0 unspecified atom stereocenters. The van der Waals surface area contributed by atoms with Crippen LogP contribution >= 0.6 is 0 Å². The predicted octanol–water partition coefficient (Wildman–Crippen LogP) is 2.81. The van der Waals surface area contributed by atoms with Gasteiger partial charge >= 0.3 is 12.6 Å². The number of nitrogens with one attached hydrogen (secondary N) is 1. The summed E-state index contributed by atoms with van der Waals surface area (Å²) in [4.78, 5) is 35.5. The molecule has 0 aliphatic heterocycles. The molecule has 9 heteroatoms. The van der Waals surface area contributed by atoms with E-state index in [1.807, 2.05) is 0 Å². The van der Waals surface area contributed by atoms with Crippen molar-refractivity contribution in [3.8, 4) is 11.5 Å². The van der Waals surface area contributed by atoms with Crippen LogP contribution in [0.1, 0.15) is 15.9 Å². The Kier molecular flexibility index (Phi) is 7.84. The normalized spacial score (nSPS) is 10.6. The number of amides is 2. The standard InChI is InChI=1S/C20H17F2NO6/c1-27-16-5-3-2-4-15(16)19(26)23-17(24)12-28-18(25)11-8-13-6-9-14(10-7-13)29-20(21)22/h2-11,20H,12H2,1H3,(H,23,24,26)/b11-8+. The second-order valence-corrected chi connectivity index (χ2v) is 5.47. The van der Waals surface area contributed by atoms with Gasteiger partial charge in [-0.25, -0.2) is 4.79 Å². The van der Waals surface area contributed by atoms with E-state index >= 15 is 0 Å². The van der Waals surface area contributed by atoms with E-state index in [9.17, 15) is 23.2 Å². The van der Waals surface area contributed by atoms with Crippen LogP contribution in [-0.4, -0.2) is 38.1 Å². The number of rotatable bonds is 8. The van der Waals surface area contributed by atoms with Crippen molar-refractivity contribution in [3.05, 3.63) is 65.7 Å². The molecule has 0 spiro atoms. The first kappa shape index (κ1) is 21.5. The Morgan fingerprint density at radius 3 is 2.41 bits per heavy atom. The molecule has 0 aliphatic carbocycles. The molecule has 0 fully saturated rings. The molecule has 0 saturated heterocycles. The van der Waals surface area contributed by atoms with Crippen LogP contribution in [0, 0.1) is 0 Å². The maximum Gasteiger partial charge on any atom is 0.387 e. The summed E-state index contributed by atoms with van der Waals surface area (Å²) in [6, 6.07) is 11.9. The van der Waals surface area contributed by atoms with Gasteiger partial charge in [0, 0.05) is 6.08 Å². The van der Waals surface area contributed by atoms with Crippen LogP contribution in [0.3, 0.4) is 0 Å². The SMILES string of the molecule is COc1ccccc1C(=O)NC(=O)COC(=O)/C=C/c1ccc(OC(F)F)cc1. The van der Waals surface area contributed by atoms with E-state index in [1.165, 1.54) is 43.5 Å². The van der Waals surface area contributed by atoms with E-state index in [1.54, 1.807) is 18.2 Å². The van der Waals surface area contributed by atoms with Crippen molar-refractivity contribution in [2.75, 3.05) is 13.7 Å². The molecule has 152 valence electrons. The number of ether oxygens (including phenoxy) is 3. The lowest BCUT2D eigenvalue weighted by Gasteiger charge is -2.08. The fourth-order valence-electron chi connectivity index (χ4n) is 2.17. The monoisotopic (exact) mass is 405 g/mol. The van der Waals surface area contributed by atoms with Crippen LogP contribution in [0.5, 0.6) is 11.5 Å². The van der Waals surface area contributed by atoms with Crippen LogP contribution in [0.2, 0.25) is 0 Å². The van der Waals surface area contributed by atoms with Gasteiger partial charge in [0.15, 0.2) is 6.61 Å². The summed E-state index contributed by atoms with van der Waals surface area (Å²) in [5.41, 5.74) is 0.688. The van der Waals surface area contributed by atoms with Gasteiger partial charge in [0.25, 0.3) is 11.8 Å². The smallest absolute Gasteiger partial charge is 0.387 e. The van der Waals surface area contributed by atoms with Gasteiger partial charge in [0.2, 0.25) is 0 Å². The lowest BCUT2D eigenvalue weighted by atomic mass is 10.2. The van der Waals surface area contributed by atoms with Gasteiger partial charge in [-0.05, 0) is 35.9 Å². The Morgan fingerprint density at radius 2 is 1.76 bits per heavy atom. The van der Waals surface area contributed by atoms with Crippen molar-refractivity contribution in [1.82, 2.24) is 5.32 Å². The molecule has 2 amide bonds. The first-order valence-electron chi connectivity index (χ1n) is 8.26. The molecule has 0 atom stereocenters. The lowest BCUT2D eigenvalue weighted by Crippen LogP contribution is -2.34. The highest BCUT2D eigenvalue weighted by Crippen LogP contribution is 2.17. The summed E-state index contributed by atoms with van der Waals surface area (Å²) in [6.45, 7) is -3.59. The summed E-state index contributed by atoms with van der Waals surface area (Å²) >= 11 is 0. The van der Waals surface area contributed by atoms with Gasteiger partial charge < -0.3 is 14.2 Å². The molecule has 2 aromatic carbocycles. The molecule has 29 heavy (non-hydrogen) atoms. The van der Waals surface area contributed by atoms with Crippen LogP contribution in [0.15, 0.2) is 54.6 Å². The number of hydrogen-bond donors (Lipinski definition) is 1. The average Bonchev–Trinajstić information content (AvgIpc) is 2.71. The maximum absolute atomic E-state index is 12.1. The van der Waals surface area contributed by atoms with E-state index in [2.05, 4.69) is 10.1 Å². The summed E-state index contributed by atoms with van der Waals surface area (Å²) in [5.74, 6) is -2.04. The third-order valence-corrected chi connectivity index (χ3v) is 3.47. The number of alkyl halides is 2. The Labute approximate surface area is 164 Å². The zero-order valence-corrected chi connectivity index (χ0v) is 15.3. The second-order valence-electron chi connectivity index (χ2n) is 5.47. The molecule has 0 saturated carbocycles. The van der Waals surface area contributed by atoms with Gasteiger partial charge in [-0.15, -0.1) is 0 Å². The molecule has 2 aromatic rings. The predicted molar refractivity (Wildman–Crippen MR) is 98.5 cm³/mol. The van der Waals surface area contributed by atoms with Crippen molar-refractivity contribution in [2.24, 2.45) is 0 Å². The Morgan fingerprint density at radius 1 is 1.07 bits per heavy atom. The quantitative estimate of drug-likeness (QED) is 0.537. The number of esters is 1. The number of benzene rings is 2. The van der Waals surface area contributed by atoms with E-state index in [-0.39, 0.29) is 11.3 Å². The fourth-order valence-corrected chi connectivity index (χ4v) is 2.17. The average molecular weight is 405 g/mol. The molecule has 0 bridgehead atoms. The summed E-state index contributed by atoms with van der Waals surface area (Å²) < 4.78 is 38.2. The van der Waals surface area contributed by atoms with Crippen LogP contribution in [0.4, 0.5) is 8.78 Å². The third kappa shape index (κ3) is 7.06. The maximum atomic E-state index is 12.1. The minimum Gasteiger partial charge on any atom is -0.496 e. The van der Waals surface area contributed by atoms with Gasteiger partial charge in [0.05, 0.1) is 12.7 Å². The van der Waals surface area contributed by atoms with E-state index < -0.39 is 31.0 Å². The van der Waals surface area contributed by atoms with Gasteiger partial charge in [-0.3, -0.25) is 14.9 Å². The topological polar surface area (TPSA) is 90.9 Å². The highest BCUT2D eigenvalue weighted by atomic mass is 19.3. The molecule has 1 N–H and O–H groups in total.